The number of unbranched alkanes of at least 4 members (excludes halogenated alkanes) is 2. The van der Waals surface area contributed by atoms with Gasteiger partial charge >= 0.3 is 11.9 Å². The van der Waals surface area contributed by atoms with Gasteiger partial charge in [-0.25, -0.2) is 4.79 Å². The summed E-state index contributed by atoms with van der Waals surface area (Å²) in [5.74, 6) is -0.112. The van der Waals surface area contributed by atoms with Crippen LogP contribution in [0.15, 0.2) is 12.1 Å². The molecule has 0 N–H and O–H groups in total. The largest absolute Gasteiger partial charge is 0.462 e. The summed E-state index contributed by atoms with van der Waals surface area (Å²) in [4.78, 5) is 23.7. The molecule has 0 amide bonds. The third kappa shape index (κ3) is 6.05. The molecule has 1 aromatic rings. The predicted molar refractivity (Wildman–Crippen MR) is 90.9 cm³/mol. The molecular formula is C19H28O4. The van der Waals surface area contributed by atoms with Crippen molar-refractivity contribution < 1.29 is 19.1 Å². The first-order chi connectivity index (χ1) is 11.0. The van der Waals surface area contributed by atoms with Gasteiger partial charge in [-0.3, -0.25) is 4.79 Å². The van der Waals surface area contributed by atoms with Gasteiger partial charge in [0.15, 0.2) is 0 Å². The lowest BCUT2D eigenvalue weighted by Gasteiger charge is -2.16. The summed E-state index contributed by atoms with van der Waals surface area (Å²) in [5.41, 5.74) is 2.48. The average molecular weight is 320 g/mol. The molecular weight excluding hydrogens is 292 g/mol. The van der Waals surface area contributed by atoms with Crippen LogP contribution in [0.2, 0.25) is 0 Å². The Kier molecular flexibility index (Phi) is 8.38. The standard InChI is InChI=1S/C19H28O4/c1-5-8-10-15-12-17(23-14(4)20)13-16(11-9-6-2)18(15)19(21)22-7-3/h12-13H,5-11H2,1-4H3. The Morgan fingerprint density at radius 3 is 1.87 bits per heavy atom. The Balaban J connectivity index is 3.32. The smallest absolute Gasteiger partial charge is 0.338 e. The van der Waals surface area contributed by atoms with Crippen molar-refractivity contribution in [2.45, 2.75) is 66.2 Å². The van der Waals surface area contributed by atoms with Crippen LogP contribution in [0.3, 0.4) is 0 Å². The van der Waals surface area contributed by atoms with Crippen molar-refractivity contribution in [2.75, 3.05) is 6.61 Å². The summed E-state index contributed by atoms with van der Waals surface area (Å²) < 4.78 is 10.5. The second-order valence-corrected chi connectivity index (χ2v) is 5.64. The molecule has 128 valence electrons. The van der Waals surface area contributed by atoms with Crippen molar-refractivity contribution >= 4 is 11.9 Å². The summed E-state index contributed by atoms with van der Waals surface area (Å²) in [6, 6.07) is 3.61. The lowest BCUT2D eigenvalue weighted by atomic mass is 9.93. The molecule has 0 bridgehead atoms. The first-order valence-electron chi connectivity index (χ1n) is 8.54. The normalized spacial score (nSPS) is 10.4. The maximum atomic E-state index is 12.4. The summed E-state index contributed by atoms with van der Waals surface area (Å²) in [6.07, 6.45) is 5.57. The summed E-state index contributed by atoms with van der Waals surface area (Å²) in [6.45, 7) is 7.76. The van der Waals surface area contributed by atoms with Crippen molar-refractivity contribution in [1.29, 1.82) is 0 Å². The third-order valence-electron chi connectivity index (χ3n) is 3.62. The number of aryl methyl sites for hydroxylation is 2. The van der Waals surface area contributed by atoms with Crippen LogP contribution < -0.4 is 4.74 Å². The highest BCUT2D eigenvalue weighted by Gasteiger charge is 2.19. The van der Waals surface area contributed by atoms with E-state index >= 15 is 0 Å². The molecule has 0 saturated heterocycles. The van der Waals surface area contributed by atoms with Crippen molar-refractivity contribution in [2.24, 2.45) is 0 Å². The van der Waals surface area contributed by atoms with Gasteiger partial charge < -0.3 is 9.47 Å². The van der Waals surface area contributed by atoms with Crippen LogP contribution >= 0.6 is 0 Å². The van der Waals surface area contributed by atoms with E-state index in [9.17, 15) is 9.59 Å². The molecule has 0 aliphatic carbocycles. The fourth-order valence-electron chi connectivity index (χ4n) is 2.55. The van der Waals surface area contributed by atoms with Crippen LogP contribution in [0.25, 0.3) is 0 Å². The molecule has 0 heterocycles. The molecule has 23 heavy (non-hydrogen) atoms. The predicted octanol–water partition coefficient (Wildman–Crippen LogP) is 4.47. The zero-order chi connectivity index (χ0) is 17.2. The molecule has 0 aliphatic heterocycles. The molecule has 0 spiro atoms. The van der Waals surface area contributed by atoms with E-state index in [1.807, 2.05) is 6.92 Å². The monoisotopic (exact) mass is 320 g/mol. The molecule has 1 rings (SSSR count). The van der Waals surface area contributed by atoms with Gasteiger partial charge in [-0.2, -0.15) is 0 Å². The topological polar surface area (TPSA) is 52.6 Å². The Morgan fingerprint density at radius 1 is 0.957 bits per heavy atom. The number of carbonyl (C=O) groups excluding carboxylic acids is 2. The zero-order valence-corrected chi connectivity index (χ0v) is 14.7. The van der Waals surface area contributed by atoms with Gasteiger partial charge in [-0.15, -0.1) is 0 Å². The minimum absolute atomic E-state index is 0.279. The van der Waals surface area contributed by atoms with Crippen LogP contribution in [0, 0.1) is 0 Å². The molecule has 0 radical (unpaired) electrons. The van der Waals surface area contributed by atoms with Gasteiger partial charge in [0.2, 0.25) is 0 Å². The van der Waals surface area contributed by atoms with Crippen LogP contribution in [-0.2, 0) is 22.4 Å². The number of hydrogen-bond donors (Lipinski definition) is 0. The van der Waals surface area contributed by atoms with Crippen LogP contribution in [-0.4, -0.2) is 18.5 Å². The zero-order valence-electron chi connectivity index (χ0n) is 14.7. The lowest BCUT2D eigenvalue weighted by molar-refractivity contribution is -0.131. The number of hydrogen-bond acceptors (Lipinski definition) is 4. The van der Waals surface area contributed by atoms with Gasteiger partial charge in [-0.1, -0.05) is 26.7 Å². The van der Waals surface area contributed by atoms with Crippen LogP contribution in [0.4, 0.5) is 0 Å². The van der Waals surface area contributed by atoms with E-state index in [1.165, 1.54) is 6.92 Å². The number of carbonyl (C=O) groups is 2. The molecule has 0 aliphatic rings. The van der Waals surface area contributed by atoms with E-state index in [2.05, 4.69) is 13.8 Å². The summed E-state index contributed by atoms with van der Waals surface area (Å²) >= 11 is 0. The third-order valence-corrected chi connectivity index (χ3v) is 3.62. The fourth-order valence-corrected chi connectivity index (χ4v) is 2.55. The van der Waals surface area contributed by atoms with Crippen molar-refractivity contribution in [3.63, 3.8) is 0 Å². The Hall–Kier alpha value is -1.84. The summed E-state index contributed by atoms with van der Waals surface area (Å²) in [7, 11) is 0. The van der Waals surface area contributed by atoms with Crippen molar-refractivity contribution in [3.8, 4) is 5.75 Å². The number of ether oxygens (including phenoxy) is 2. The van der Waals surface area contributed by atoms with Crippen LogP contribution in [0.1, 0.15) is 74.9 Å². The van der Waals surface area contributed by atoms with Gasteiger partial charge in [-0.05, 0) is 55.9 Å². The first-order valence-corrected chi connectivity index (χ1v) is 8.54. The quantitative estimate of drug-likeness (QED) is 0.497. The maximum absolute atomic E-state index is 12.4. The number of esters is 2. The van der Waals surface area contributed by atoms with E-state index in [-0.39, 0.29) is 11.9 Å². The molecule has 0 aromatic heterocycles. The van der Waals surface area contributed by atoms with E-state index in [1.54, 1.807) is 12.1 Å². The second kappa shape index (κ2) is 10.0. The van der Waals surface area contributed by atoms with Gasteiger partial charge in [0.05, 0.1) is 12.2 Å². The average Bonchev–Trinajstić information content (AvgIpc) is 2.50. The number of rotatable bonds is 9. The SMILES string of the molecule is CCCCc1cc(OC(C)=O)cc(CCCC)c1C(=O)OCC. The molecule has 0 unspecified atom stereocenters. The molecule has 4 heteroatoms. The van der Waals surface area contributed by atoms with Crippen LogP contribution in [0.5, 0.6) is 5.75 Å². The molecule has 4 nitrogen and oxygen atoms in total. The van der Waals surface area contributed by atoms with E-state index in [0.29, 0.717) is 17.9 Å². The lowest BCUT2D eigenvalue weighted by Crippen LogP contribution is -2.13. The second-order valence-electron chi connectivity index (χ2n) is 5.64. The maximum Gasteiger partial charge on any atom is 0.338 e. The van der Waals surface area contributed by atoms with Crippen molar-refractivity contribution in [3.05, 3.63) is 28.8 Å². The highest BCUT2D eigenvalue weighted by atomic mass is 16.5. The fraction of sp³-hybridized carbons (Fsp3) is 0.579. The highest BCUT2D eigenvalue weighted by molar-refractivity contribution is 5.93. The molecule has 1 aromatic carbocycles. The Labute approximate surface area is 139 Å². The minimum atomic E-state index is -0.350. The Morgan fingerprint density at radius 2 is 1.48 bits per heavy atom. The van der Waals surface area contributed by atoms with Crippen molar-refractivity contribution in [1.82, 2.24) is 0 Å². The van der Waals surface area contributed by atoms with E-state index < -0.39 is 0 Å². The molecule has 0 atom stereocenters. The van der Waals surface area contributed by atoms with Gasteiger partial charge in [0, 0.05) is 6.92 Å². The van der Waals surface area contributed by atoms with Gasteiger partial charge in [0.1, 0.15) is 5.75 Å². The van der Waals surface area contributed by atoms with E-state index in [4.69, 9.17) is 9.47 Å². The number of benzene rings is 1. The molecule has 0 fully saturated rings. The molecule has 0 saturated carbocycles. The Bertz CT molecular complexity index is 505. The first kappa shape index (κ1) is 19.2. The van der Waals surface area contributed by atoms with Gasteiger partial charge in [0.25, 0.3) is 0 Å². The minimum Gasteiger partial charge on any atom is -0.462 e. The van der Waals surface area contributed by atoms with E-state index in [0.717, 1.165) is 49.7 Å². The highest BCUT2D eigenvalue weighted by Crippen LogP contribution is 2.27. The summed E-state index contributed by atoms with van der Waals surface area (Å²) in [5, 5.41) is 0.